The first-order valence-electron chi connectivity index (χ1n) is 5.77. The van der Waals surface area contributed by atoms with Crippen LogP contribution in [0.3, 0.4) is 0 Å². The quantitative estimate of drug-likeness (QED) is 0.940. The molecular weight excluding hydrogens is 312 g/mol. The minimum Gasteiger partial charge on any atom is -0.439 e. The molecule has 0 unspecified atom stereocenters. The van der Waals surface area contributed by atoms with Crippen LogP contribution in [0.4, 0.5) is 5.69 Å². The van der Waals surface area contributed by atoms with Gasteiger partial charge in [0.25, 0.3) is 5.91 Å². The van der Waals surface area contributed by atoms with Crippen LogP contribution in [0.1, 0.15) is 19.7 Å². The van der Waals surface area contributed by atoms with E-state index in [1.54, 1.807) is 26.8 Å². The van der Waals surface area contributed by atoms with E-state index in [9.17, 15) is 4.79 Å². The van der Waals surface area contributed by atoms with Crippen molar-refractivity contribution >= 4 is 38.6 Å². The van der Waals surface area contributed by atoms with Crippen LogP contribution in [0.25, 0.3) is 11.1 Å². The van der Waals surface area contributed by atoms with Gasteiger partial charge >= 0.3 is 0 Å². The van der Waals surface area contributed by atoms with Gasteiger partial charge in [0.05, 0.1) is 5.69 Å². The summed E-state index contributed by atoms with van der Waals surface area (Å²) in [7, 11) is 1.49. The Balaban J connectivity index is 2.42. The van der Waals surface area contributed by atoms with Crippen molar-refractivity contribution in [2.75, 3.05) is 12.4 Å². The molecule has 0 aliphatic carbocycles. The van der Waals surface area contributed by atoms with E-state index in [4.69, 9.17) is 9.15 Å². The number of carbonyl (C=O) groups excluding carboxylic acids is 1. The van der Waals surface area contributed by atoms with Crippen LogP contribution < -0.4 is 5.32 Å². The fourth-order valence-electron chi connectivity index (χ4n) is 1.57. The number of nitrogens with zero attached hydrogens (tertiary/aromatic N) is 1. The van der Waals surface area contributed by atoms with E-state index in [1.807, 2.05) is 6.07 Å². The number of benzene rings is 1. The van der Waals surface area contributed by atoms with Gasteiger partial charge in [-0.25, -0.2) is 4.98 Å². The zero-order valence-electron chi connectivity index (χ0n) is 11.2. The molecule has 0 atom stereocenters. The number of fused-ring (bicyclic) bond motifs is 1. The highest BCUT2D eigenvalue weighted by Gasteiger charge is 2.28. The number of ether oxygens (including phenoxy) is 1. The molecular formula is C13H15BrN2O3. The number of hydrogen-bond acceptors (Lipinski definition) is 4. The first kappa shape index (κ1) is 14.0. The summed E-state index contributed by atoms with van der Waals surface area (Å²) in [5, 5.41) is 2.80. The number of aromatic nitrogens is 1. The molecule has 2 aromatic rings. The van der Waals surface area contributed by atoms with Crippen LogP contribution in [-0.4, -0.2) is 23.6 Å². The lowest BCUT2D eigenvalue weighted by Crippen LogP contribution is -2.38. The van der Waals surface area contributed by atoms with Crippen LogP contribution in [0.5, 0.6) is 0 Å². The molecule has 1 amide bonds. The minimum atomic E-state index is -0.913. The van der Waals surface area contributed by atoms with Gasteiger partial charge in [-0.3, -0.25) is 4.79 Å². The molecule has 2 rings (SSSR count). The summed E-state index contributed by atoms with van der Waals surface area (Å²) >= 11 is 3.39. The van der Waals surface area contributed by atoms with E-state index in [1.165, 1.54) is 7.11 Å². The van der Waals surface area contributed by atoms with Crippen molar-refractivity contribution in [3.63, 3.8) is 0 Å². The Morgan fingerprint density at radius 3 is 2.79 bits per heavy atom. The summed E-state index contributed by atoms with van der Waals surface area (Å²) < 4.78 is 11.5. The normalized spacial score (nSPS) is 11.8. The second-order valence-electron chi connectivity index (χ2n) is 4.70. The number of halogens is 1. The highest BCUT2D eigenvalue weighted by molar-refractivity contribution is 9.10. The van der Waals surface area contributed by atoms with Crippen LogP contribution in [0.15, 0.2) is 21.0 Å². The van der Waals surface area contributed by atoms with Crippen molar-refractivity contribution in [3.8, 4) is 0 Å². The molecule has 19 heavy (non-hydrogen) atoms. The van der Waals surface area contributed by atoms with Crippen molar-refractivity contribution in [3.05, 3.63) is 22.5 Å². The summed E-state index contributed by atoms with van der Waals surface area (Å²) in [6.45, 7) is 5.16. The fourth-order valence-corrected chi connectivity index (χ4v) is 2.01. The number of hydrogen-bond donors (Lipinski definition) is 1. The second kappa shape index (κ2) is 4.94. The Morgan fingerprint density at radius 2 is 2.16 bits per heavy atom. The van der Waals surface area contributed by atoms with E-state index in [0.29, 0.717) is 22.7 Å². The third-order valence-corrected chi connectivity index (χ3v) is 3.32. The highest BCUT2D eigenvalue weighted by atomic mass is 79.9. The van der Waals surface area contributed by atoms with Crippen LogP contribution in [0.2, 0.25) is 0 Å². The first-order valence-corrected chi connectivity index (χ1v) is 6.56. The monoisotopic (exact) mass is 326 g/mol. The van der Waals surface area contributed by atoms with Gasteiger partial charge in [0.1, 0.15) is 11.1 Å². The molecule has 1 aromatic heterocycles. The molecule has 0 saturated heterocycles. The van der Waals surface area contributed by atoms with Crippen molar-refractivity contribution in [1.82, 2.24) is 4.98 Å². The number of methoxy groups -OCH3 is 1. The smallest absolute Gasteiger partial charge is 0.256 e. The second-order valence-corrected chi connectivity index (χ2v) is 5.62. The Morgan fingerprint density at radius 1 is 1.47 bits per heavy atom. The largest absolute Gasteiger partial charge is 0.439 e. The Kier molecular flexibility index (Phi) is 3.64. The molecule has 0 fully saturated rings. The summed E-state index contributed by atoms with van der Waals surface area (Å²) in [4.78, 5) is 16.4. The lowest BCUT2D eigenvalue weighted by atomic mass is 10.1. The number of amides is 1. The zero-order chi connectivity index (χ0) is 14.2. The molecule has 0 saturated carbocycles. The first-order chi connectivity index (χ1) is 8.83. The predicted octanol–water partition coefficient (Wildman–Crippen LogP) is 3.26. The average molecular weight is 327 g/mol. The van der Waals surface area contributed by atoms with Gasteiger partial charge in [-0.1, -0.05) is 15.9 Å². The minimum absolute atomic E-state index is 0.247. The molecule has 1 aromatic carbocycles. The topological polar surface area (TPSA) is 64.4 Å². The zero-order valence-corrected chi connectivity index (χ0v) is 12.8. The van der Waals surface area contributed by atoms with Gasteiger partial charge in [-0.2, -0.15) is 0 Å². The van der Waals surface area contributed by atoms with Crippen molar-refractivity contribution in [2.24, 2.45) is 0 Å². The third kappa shape index (κ3) is 2.79. The molecule has 0 radical (unpaired) electrons. The number of anilines is 1. The molecule has 0 aliphatic rings. The lowest BCUT2D eigenvalue weighted by molar-refractivity contribution is -0.133. The Labute approximate surface area is 119 Å². The molecule has 0 bridgehead atoms. The molecule has 1 heterocycles. The van der Waals surface area contributed by atoms with Gasteiger partial charge in [0, 0.05) is 18.5 Å². The van der Waals surface area contributed by atoms with Crippen LogP contribution in [0, 0.1) is 6.92 Å². The van der Waals surface area contributed by atoms with Crippen molar-refractivity contribution in [1.29, 1.82) is 0 Å². The average Bonchev–Trinajstić information content (AvgIpc) is 2.69. The summed E-state index contributed by atoms with van der Waals surface area (Å²) in [5.74, 6) is 0.304. The van der Waals surface area contributed by atoms with Gasteiger partial charge in [0.15, 0.2) is 11.5 Å². The maximum atomic E-state index is 12.1. The molecule has 1 N–H and O–H groups in total. The van der Waals surface area contributed by atoms with Crippen LogP contribution >= 0.6 is 15.9 Å². The molecule has 6 heteroatoms. The molecule has 102 valence electrons. The number of rotatable bonds is 3. The van der Waals surface area contributed by atoms with E-state index < -0.39 is 5.60 Å². The fraction of sp³-hybridized carbons (Fsp3) is 0.385. The Hall–Kier alpha value is -1.40. The maximum Gasteiger partial charge on any atom is 0.256 e. The Bertz CT molecular complexity index is 634. The van der Waals surface area contributed by atoms with E-state index in [2.05, 4.69) is 26.2 Å². The summed E-state index contributed by atoms with van der Waals surface area (Å²) in [5.41, 5.74) is 0.905. The van der Waals surface area contributed by atoms with E-state index in [-0.39, 0.29) is 5.91 Å². The number of carbonyl (C=O) groups is 1. The van der Waals surface area contributed by atoms with E-state index >= 15 is 0 Å². The maximum absolute atomic E-state index is 12.1. The number of oxazole rings is 1. The van der Waals surface area contributed by atoms with Crippen LogP contribution in [-0.2, 0) is 9.53 Å². The van der Waals surface area contributed by atoms with Gasteiger partial charge in [-0.15, -0.1) is 0 Å². The highest BCUT2D eigenvalue weighted by Crippen LogP contribution is 2.29. The van der Waals surface area contributed by atoms with E-state index in [0.717, 1.165) is 4.47 Å². The van der Waals surface area contributed by atoms with Gasteiger partial charge < -0.3 is 14.5 Å². The number of nitrogens with one attached hydrogen (secondary N) is 1. The summed E-state index contributed by atoms with van der Waals surface area (Å²) in [6.07, 6.45) is 0. The van der Waals surface area contributed by atoms with Gasteiger partial charge in [-0.05, 0) is 26.0 Å². The molecule has 0 spiro atoms. The number of aryl methyl sites for hydroxylation is 1. The third-order valence-electron chi connectivity index (χ3n) is 2.87. The predicted molar refractivity (Wildman–Crippen MR) is 76.2 cm³/mol. The SMILES string of the molecule is COC(C)(C)C(=O)Nc1cc(Br)cc2nc(C)oc12. The lowest BCUT2D eigenvalue weighted by Gasteiger charge is -2.21. The standard InChI is InChI=1S/C13H15BrN2O3/c1-7-15-9-5-8(14)6-10(11(9)19-7)16-12(17)13(2,3)18-4/h5-6H,1-4H3,(H,16,17). The van der Waals surface area contributed by atoms with Crippen molar-refractivity contribution in [2.45, 2.75) is 26.4 Å². The molecule has 0 aliphatic heterocycles. The van der Waals surface area contributed by atoms with Gasteiger partial charge in [0.2, 0.25) is 0 Å². The summed E-state index contributed by atoms with van der Waals surface area (Å²) in [6, 6.07) is 3.61. The van der Waals surface area contributed by atoms with Crippen molar-refractivity contribution < 1.29 is 13.9 Å². The molecule has 5 nitrogen and oxygen atoms in total.